The van der Waals surface area contributed by atoms with E-state index in [2.05, 4.69) is 4.98 Å². The zero-order chi connectivity index (χ0) is 10.6. The largest absolute Gasteiger partial charge is 0.368 e. The minimum absolute atomic E-state index is 0.429. The first kappa shape index (κ1) is 10.6. The fourth-order valence-electron chi connectivity index (χ4n) is 0.999. The maximum atomic E-state index is 10.8. The SMILES string of the molecule is CC(C(N)=O)N(N)Cc1ccncc1. The van der Waals surface area contributed by atoms with Gasteiger partial charge in [-0.25, -0.2) is 5.01 Å². The van der Waals surface area contributed by atoms with Crippen LogP contribution in [0.2, 0.25) is 0 Å². The van der Waals surface area contributed by atoms with Gasteiger partial charge in [0.05, 0.1) is 0 Å². The molecule has 0 aliphatic carbocycles. The summed E-state index contributed by atoms with van der Waals surface area (Å²) in [5, 5.41) is 1.40. The topological polar surface area (TPSA) is 85.2 Å². The van der Waals surface area contributed by atoms with Crippen LogP contribution in [0.4, 0.5) is 0 Å². The van der Waals surface area contributed by atoms with Crippen LogP contribution in [0.1, 0.15) is 12.5 Å². The summed E-state index contributed by atoms with van der Waals surface area (Å²) in [6, 6.07) is 3.21. The monoisotopic (exact) mass is 194 g/mol. The number of hydrazine groups is 1. The highest BCUT2D eigenvalue weighted by molar-refractivity contribution is 5.79. The van der Waals surface area contributed by atoms with Gasteiger partial charge in [-0.05, 0) is 24.6 Å². The number of nitrogens with two attached hydrogens (primary N) is 2. The van der Waals surface area contributed by atoms with Crippen molar-refractivity contribution in [2.45, 2.75) is 19.5 Å². The Labute approximate surface area is 82.7 Å². The first-order valence-electron chi connectivity index (χ1n) is 4.31. The average Bonchev–Trinajstić information content (AvgIpc) is 2.18. The van der Waals surface area contributed by atoms with Crippen LogP contribution >= 0.6 is 0 Å². The molecule has 0 aromatic carbocycles. The van der Waals surface area contributed by atoms with Gasteiger partial charge in [-0.2, -0.15) is 0 Å². The smallest absolute Gasteiger partial charge is 0.235 e. The Kier molecular flexibility index (Phi) is 3.55. The van der Waals surface area contributed by atoms with Gasteiger partial charge in [-0.1, -0.05) is 0 Å². The molecule has 4 N–H and O–H groups in total. The van der Waals surface area contributed by atoms with Crippen LogP contribution in [0.3, 0.4) is 0 Å². The van der Waals surface area contributed by atoms with Gasteiger partial charge < -0.3 is 5.73 Å². The standard InChI is InChI=1S/C9H14N4O/c1-7(9(10)14)13(11)6-8-2-4-12-5-3-8/h2-5,7H,6,11H2,1H3,(H2,10,14). The van der Waals surface area contributed by atoms with Crippen molar-refractivity contribution in [3.63, 3.8) is 0 Å². The summed E-state index contributed by atoms with van der Waals surface area (Å²) >= 11 is 0. The molecule has 0 radical (unpaired) electrons. The van der Waals surface area contributed by atoms with Crippen LogP contribution < -0.4 is 11.6 Å². The summed E-state index contributed by atoms with van der Waals surface area (Å²) in [5.41, 5.74) is 6.11. The summed E-state index contributed by atoms with van der Waals surface area (Å²) < 4.78 is 0. The van der Waals surface area contributed by atoms with Crippen LogP contribution in [0, 0.1) is 0 Å². The van der Waals surface area contributed by atoms with E-state index in [1.165, 1.54) is 5.01 Å². The van der Waals surface area contributed by atoms with Crippen molar-refractivity contribution in [3.05, 3.63) is 30.1 Å². The van der Waals surface area contributed by atoms with E-state index in [0.29, 0.717) is 6.54 Å². The van der Waals surface area contributed by atoms with Gasteiger partial charge in [0, 0.05) is 18.9 Å². The molecule has 1 atom stereocenters. The van der Waals surface area contributed by atoms with Crippen LogP contribution in [-0.4, -0.2) is 21.9 Å². The number of primary amides is 1. The Morgan fingerprint density at radius 2 is 2.14 bits per heavy atom. The number of pyridine rings is 1. The Bertz CT molecular complexity index is 301. The summed E-state index contributed by atoms with van der Waals surface area (Å²) in [4.78, 5) is 14.7. The van der Waals surface area contributed by atoms with Crippen LogP contribution in [-0.2, 0) is 11.3 Å². The molecule has 76 valence electrons. The highest BCUT2D eigenvalue weighted by Gasteiger charge is 2.15. The van der Waals surface area contributed by atoms with E-state index in [-0.39, 0.29) is 0 Å². The molecule has 0 bridgehead atoms. The number of nitrogens with zero attached hydrogens (tertiary/aromatic N) is 2. The maximum Gasteiger partial charge on any atom is 0.235 e. The van der Waals surface area contributed by atoms with Gasteiger partial charge in [0.15, 0.2) is 0 Å². The van der Waals surface area contributed by atoms with E-state index < -0.39 is 11.9 Å². The third kappa shape index (κ3) is 2.79. The molecule has 5 nitrogen and oxygen atoms in total. The quantitative estimate of drug-likeness (QED) is 0.506. The normalized spacial score (nSPS) is 12.8. The van der Waals surface area contributed by atoms with Gasteiger partial charge in [0.2, 0.25) is 5.91 Å². The Hall–Kier alpha value is -1.46. The molecule has 1 unspecified atom stereocenters. The molecular formula is C9H14N4O. The van der Waals surface area contributed by atoms with Gasteiger partial charge in [0.25, 0.3) is 0 Å². The zero-order valence-corrected chi connectivity index (χ0v) is 8.05. The highest BCUT2D eigenvalue weighted by atomic mass is 16.1. The van der Waals surface area contributed by atoms with Crippen molar-refractivity contribution >= 4 is 5.91 Å². The molecule has 1 aromatic heterocycles. The molecular weight excluding hydrogens is 180 g/mol. The maximum absolute atomic E-state index is 10.8. The fraction of sp³-hybridized carbons (Fsp3) is 0.333. The van der Waals surface area contributed by atoms with E-state index in [1.807, 2.05) is 12.1 Å². The van der Waals surface area contributed by atoms with Crippen LogP contribution in [0.5, 0.6) is 0 Å². The van der Waals surface area contributed by atoms with E-state index in [9.17, 15) is 4.79 Å². The van der Waals surface area contributed by atoms with Crippen molar-refractivity contribution in [2.75, 3.05) is 0 Å². The average molecular weight is 194 g/mol. The summed E-state index contributed by atoms with van der Waals surface area (Å²) in [6.07, 6.45) is 3.36. The molecule has 1 heterocycles. The van der Waals surface area contributed by atoms with Crippen molar-refractivity contribution in [1.29, 1.82) is 0 Å². The second kappa shape index (κ2) is 4.69. The molecule has 0 saturated heterocycles. The van der Waals surface area contributed by atoms with E-state index in [0.717, 1.165) is 5.56 Å². The first-order valence-corrected chi connectivity index (χ1v) is 4.31. The molecule has 0 saturated carbocycles. The van der Waals surface area contributed by atoms with Crippen molar-refractivity contribution in [2.24, 2.45) is 11.6 Å². The molecule has 0 aliphatic heterocycles. The third-order valence-corrected chi connectivity index (χ3v) is 2.02. The van der Waals surface area contributed by atoms with E-state index in [1.54, 1.807) is 19.3 Å². The Morgan fingerprint density at radius 3 is 2.64 bits per heavy atom. The number of hydrogen-bond acceptors (Lipinski definition) is 4. The van der Waals surface area contributed by atoms with Gasteiger partial charge in [0.1, 0.15) is 6.04 Å². The molecule has 5 heteroatoms. The Balaban J connectivity index is 2.57. The second-order valence-corrected chi connectivity index (χ2v) is 3.11. The Morgan fingerprint density at radius 1 is 1.57 bits per heavy atom. The zero-order valence-electron chi connectivity index (χ0n) is 8.05. The molecule has 14 heavy (non-hydrogen) atoms. The minimum Gasteiger partial charge on any atom is -0.368 e. The minimum atomic E-state index is -0.469. The number of amides is 1. The van der Waals surface area contributed by atoms with E-state index >= 15 is 0 Å². The first-order chi connectivity index (χ1) is 6.61. The fourth-order valence-corrected chi connectivity index (χ4v) is 0.999. The lowest BCUT2D eigenvalue weighted by Gasteiger charge is -2.21. The molecule has 0 spiro atoms. The predicted molar refractivity (Wildman–Crippen MR) is 52.6 cm³/mol. The third-order valence-electron chi connectivity index (χ3n) is 2.02. The second-order valence-electron chi connectivity index (χ2n) is 3.11. The van der Waals surface area contributed by atoms with Crippen molar-refractivity contribution in [1.82, 2.24) is 9.99 Å². The molecule has 1 rings (SSSR count). The molecule has 1 amide bonds. The molecule has 1 aromatic rings. The summed E-state index contributed by atoms with van der Waals surface area (Å²) in [7, 11) is 0. The van der Waals surface area contributed by atoms with Crippen molar-refractivity contribution in [3.8, 4) is 0 Å². The lowest BCUT2D eigenvalue weighted by molar-refractivity contribution is -0.122. The molecule has 0 aliphatic rings. The van der Waals surface area contributed by atoms with Crippen molar-refractivity contribution < 1.29 is 4.79 Å². The summed E-state index contributed by atoms with van der Waals surface area (Å²) in [5.74, 6) is 5.23. The van der Waals surface area contributed by atoms with Crippen LogP contribution in [0.15, 0.2) is 24.5 Å². The molecule has 0 fully saturated rings. The van der Waals surface area contributed by atoms with Gasteiger partial charge >= 0.3 is 0 Å². The predicted octanol–water partition coefficient (Wildman–Crippen LogP) is -0.369. The number of carbonyl (C=O) groups excluding carboxylic acids is 1. The summed E-state index contributed by atoms with van der Waals surface area (Å²) in [6.45, 7) is 2.15. The van der Waals surface area contributed by atoms with Gasteiger partial charge in [-0.15, -0.1) is 0 Å². The van der Waals surface area contributed by atoms with Crippen LogP contribution in [0.25, 0.3) is 0 Å². The number of aromatic nitrogens is 1. The lowest BCUT2D eigenvalue weighted by Crippen LogP contribution is -2.46. The number of carbonyl (C=O) groups is 1. The van der Waals surface area contributed by atoms with E-state index in [4.69, 9.17) is 11.6 Å². The number of hydrogen-bond donors (Lipinski definition) is 2. The highest BCUT2D eigenvalue weighted by Crippen LogP contribution is 2.02. The number of rotatable bonds is 4. The lowest BCUT2D eigenvalue weighted by atomic mass is 10.2. The van der Waals surface area contributed by atoms with Gasteiger partial charge in [-0.3, -0.25) is 15.6 Å².